The Kier molecular flexibility index (Phi) is 4.80. The molecular formula is C15H19NO5. The van der Waals surface area contributed by atoms with E-state index in [-0.39, 0.29) is 19.1 Å². The van der Waals surface area contributed by atoms with Crippen LogP contribution in [0.2, 0.25) is 0 Å². The molecule has 2 rings (SSSR count). The van der Waals surface area contributed by atoms with Gasteiger partial charge in [0, 0.05) is 5.92 Å². The minimum atomic E-state index is -0.812. The molecule has 1 aliphatic rings. The van der Waals surface area contributed by atoms with E-state index < -0.39 is 24.2 Å². The first-order chi connectivity index (χ1) is 10.0. The fourth-order valence-electron chi connectivity index (χ4n) is 2.43. The molecule has 1 aromatic rings. The summed E-state index contributed by atoms with van der Waals surface area (Å²) in [6, 6.07) is 8.44. The van der Waals surface area contributed by atoms with Crippen LogP contribution >= 0.6 is 0 Å². The summed E-state index contributed by atoms with van der Waals surface area (Å²) in [6.07, 6.45) is -1.39. The second-order valence-corrected chi connectivity index (χ2v) is 5.09. The number of methoxy groups -OCH3 is 1. The van der Waals surface area contributed by atoms with Gasteiger partial charge in [-0.3, -0.25) is 4.90 Å². The molecule has 1 fully saturated rings. The van der Waals surface area contributed by atoms with Crippen molar-refractivity contribution in [2.75, 3.05) is 13.7 Å². The highest BCUT2D eigenvalue weighted by molar-refractivity contribution is 5.82. The van der Waals surface area contributed by atoms with E-state index in [0.717, 1.165) is 5.56 Å². The van der Waals surface area contributed by atoms with E-state index in [9.17, 15) is 14.7 Å². The summed E-state index contributed by atoms with van der Waals surface area (Å²) in [5, 5.41) is 9.86. The lowest BCUT2D eigenvalue weighted by molar-refractivity contribution is -0.146. The molecule has 1 aromatic carbocycles. The van der Waals surface area contributed by atoms with E-state index in [1.54, 1.807) is 6.92 Å². The van der Waals surface area contributed by atoms with Crippen molar-refractivity contribution in [3.63, 3.8) is 0 Å². The van der Waals surface area contributed by atoms with Crippen LogP contribution in [0.5, 0.6) is 0 Å². The molecule has 0 saturated carbocycles. The normalized spacial score (nSPS) is 24.7. The van der Waals surface area contributed by atoms with E-state index in [0.29, 0.717) is 0 Å². The summed E-state index contributed by atoms with van der Waals surface area (Å²) < 4.78 is 9.90. The number of benzene rings is 1. The molecule has 0 radical (unpaired) electrons. The second kappa shape index (κ2) is 6.58. The standard InChI is InChI=1S/C15H19NO5/c1-10-12(17)8-16(13(10)14(18)20-2)15(19)21-9-11-6-4-3-5-7-11/h3-7,10,12-13,17H,8-9H2,1-2H3/t10-,12+,13-/m1/s1. The number of nitrogens with zero attached hydrogens (tertiary/aromatic N) is 1. The Balaban J connectivity index is 2.01. The van der Waals surface area contributed by atoms with Gasteiger partial charge >= 0.3 is 12.1 Å². The van der Waals surface area contributed by atoms with Crippen LogP contribution in [0.1, 0.15) is 12.5 Å². The lowest BCUT2D eigenvalue weighted by atomic mass is 10.0. The number of carbonyl (C=O) groups excluding carboxylic acids is 2. The minimum Gasteiger partial charge on any atom is -0.467 e. The maximum Gasteiger partial charge on any atom is 0.410 e. The van der Waals surface area contributed by atoms with Crippen molar-refractivity contribution in [1.29, 1.82) is 0 Å². The van der Waals surface area contributed by atoms with Crippen molar-refractivity contribution in [2.24, 2.45) is 5.92 Å². The lowest BCUT2D eigenvalue weighted by Gasteiger charge is -2.23. The smallest absolute Gasteiger partial charge is 0.410 e. The molecule has 0 bridgehead atoms. The van der Waals surface area contributed by atoms with Crippen LogP contribution < -0.4 is 0 Å². The third-order valence-electron chi connectivity index (χ3n) is 3.71. The molecule has 21 heavy (non-hydrogen) atoms. The van der Waals surface area contributed by atoms with Crippen LogP contribution in [0, 0.1) is 5.92 Å². The number of hydrogen-bond donors (Lipinski definition) is 1. The number of ether oxygens (including phenoxy) is 2. The molecule has 1 amide bonds. The molecule has 1 heterocycles. The van der Waals surface area contributed by atoms with Gasteiger partial charge in [0.25, 0.3) is 0 Å². The highest BCUT2D eigenvalue weighted by Crippen LogP contribution is 2.26. The van der Waals surface area contributed by atoms with Crippen LogP contribution in [0.3, 0.4) is 0 Å². The Morgan fingerprint density at radius 2 is 2.00 bits per heavy atom. The Morgan fingerprint density at radius 1 is 1.33 bits per heavy atom. The van der Waals surface area contributed by atoms with E-state index in [2.05, 4.69) is 0 Å². The van der Waals surface area contributed by atoms with E-state index in [4.69, 9.17) is 9.47 Å². The number of amides is 1. The number of rotatable bonds is 3. The Labute approximate surface area is 123 Å². The SMILES string of the molecule is COC(=O)[C@H]1[C@H](C)[C@@H](O)CN1C(=O)OCc1ccccc1. The van der Waals surface area contributed by atoms with Gasteiger partial charge in [-0.2, -0.15) is 0 Å². The van der Waals surface area contributed by atoms with Crippen LogP contribution in [-0.4, -0.2) is 47.9 Å². The molecule has 0 spiro atoms. The third kappa shape index (κ3) is 3.33. The molecule has 0 aliphatic carbocycles. The molecule has 3 atom stereocenters. The van der Waals surface area contributed by atoms with Gasteiger partial charge in [-0.15, -0.1) is 0 Å². The van der Waals surface area contributed by atoms with Gasteiger partial charge in [-0.05, 0) is 5.56 Å². The first kappa shape index (κ1) is 15.3. The predicted molar refractivity (Wildman–Crippen MR) is 74.3 cm³/mol. The zero-order valence-electron chi connectivity index (χ0n) is 12.1. The molecule has 6 heteroatoms. The highest BCUT2D eigenvalue weighted by atomic mass is 16.6. The summed E-state index contributed by atoms with van der Waals surface area (Å²) in [7, 11) is 1.26. The summed E-state index contributed by atoms with van der Waals surface area (Å²) in [6.45, 7) is 1.89. The molecule has 0 aromatic heterocycles. The molecule has 6 nitrogen and oxygen atoms in total. The van der Waals surface area contributed by atoms with Crippen LogP contribution in [0.15, 0.2) is 30.3 Å². The number of β-amino-alcohol motifs (C(OH)–C–C–N with tert-alkyl or cyclic N) is 1. The van der Waals surface area contributed by atoms with E-state index in [1.165, 1.54) is 12.0 Å². The molecule has 1 N–H and O–H groups in total. The van der Waals surface area contributed by atoms with Crippen molar-refractivity contribution in [1.82, 2.24) is 4.90 Å². The van der Waals surface area contributed by atoms with E-state index in [1.807, 2.05) is 30.3 Å². The van der Waals surface area contributed by atoms with Gasteiger partial charge in [0.1, 0.15) is 12.6 Å². The topological polar surface area (TPSA) is 76.1 Å². The van der Waals surface area contributed by atoms with Crippen LogP contribution in [0.25, 0.3) is 0 Å². The monoisotopic (exact) mass is 293 g/mol. The maximum atomic E-state index is 12.1. The number of esters is 1. The quantitative estimate of drug-likeness (QED) is 0.847. The van der Waals surface area contributed by atoms with Crippen molar-refractivity contribution < 1.29 is 24.2 Å². The summed E-state index contributed by atoms with van der Waals surface area (Å²) in [5.41, 5.74) is 0.855. The van der Waals surface area contributed by atoms with Gasteiger partial charge in [0.05, 0.1) is 19.8 Å². The van der Waals surface area contributed by atoms with Crippen molar-refractivity contribution in [2.45, 2.75) is 25.7 Å². The van der Waals surface area contributed by atoms with Gasteiger partial charge < -0.3 is 14.6 Å². The van der Waals surface area contributed by atoms with Crippen molar-refractivity contribution >= 4 is 12.1 Å². The summed E-state index contributed by atoms with van der Waals surface area (Å²) in [4.78, 5) is 25.1. The predicted octanol–water partition coefficient (Wildman–Crippen LogP) is 1.18. The van der Waals surface area contributed by atoms with Gasteiger partial charge in [-0.25, -0.2) is 9.59 Å². The van der Waals surface area contributed by atoms with Gasteiger partial charge in [-0.1, -0.05) is 37.3 Å². The molecular weight excluding hydrogens is 274 g/mol. The van der Waals surface area contributed by atoms with Crippen LogP contribution in [0.4, 0.5) is 4.79 Å². The average molecular weight is 293 g/mol. The van der Waals surface area contributed by atoms with Crippen molar-refractivity contribution in [3.05, 3.63) is 35.9 Å². The lowest BCUT2D eigenvalue weighted by Crippen LogP contribution is -2.43. The Morgan fingerprint density at radius 3 is 2.62 bits per heavy atom. The molecule has 114 valence electrons. The molecule has 1 aliphatic heterocycles. The first-order valence-electron chi connectivity index (χ1n) is 6.77. The second-order valence-electron chi connectivity index (χ2n) is 5.09. The third-order valence-corrected chi connectivity index (χ3v) is 3.71. The fraction of sp³-hybridized carbons (Fsp3) is 0.467. The average Bonchev–Trinajstić information content (AvgIpc) is 2.81. The fourth-order valence-corrected chi connectivity index (χ4v) is 2.43. The Bertz CT molecular complexity index is 504. The number of aliphatic hydroxyl groups is 1. The maximum absolute atomic E-state index is 12.1. The van der Waals surface area contributed by atoms with E-state index >= 15 is 0 Å². The number of hydrogen-bond acceptors (Lipinski definition) is 5. The van der Waals surface area contributed by atoms with Gasteiger partial charge in [0.2, 0.25) is 0 Å². The van der Waals surface area contributed by atoms with Crippen molar-refractivity contribution in [3.8, 4) is 0 Å². The zero-order valence-corrected chi connectivity index (χ0v) is 12.1. The summed E-state index contributed by atoms with van der Waals surface area (Å²) in [5.74, 6) is -0.933. The zero-order chi connectivity index (χ0) is 15.4. The molecule has 0 unspecified atom stereocenters. The van der Waals surface area contributed by atoms with Crippen LogP contribution in [-0.2, 0) is 20.9 Å². The Hall–Kier alpha value is -2.08. The minimum absolute atomic E-state index is 0.0640. The van der Waals surface area contributed by atoms with Gasteiger partial charge in [0.15, 0.2) is 0 Å². The number of aliphatic hydroxyl groups excluding tert-OH is 1. The summed E-state index contributed by atoms with van der Waals surface area (Å²) >= 11 is 0. The first-order valence-corrected chi connectivity index (χ1v) is 6.77. The molecule has 1 saturated heterocycles. The number of carbonyl (C=O) groups is 2. The highest BCUT2D eigenvalue weighted by Gasteiger charge is 2.46. The largest absolute Gasteiger partial charge is 0.467 e. The number of likely N-dealkylation sites (tertiary alicyclic amines) is 1.